The molecule has 0 saturated carbocycles. The van der Waals surface area contributed by atoms with Gasteiger partial charge in [-0.25, -0.2) is 0 Å². The smallest absolute Gasteiger partial charge is 0.0286 e. The summed E-state index contributed by atoms with van der Waals surface area (Å²) in [6, 6.07) is 10.8. The minimum atomic E-state index is 1.15. The molecule has 0 N–H and O–H groups in total. The van der Waals surface area contributed by atoms with Crippen molar-refractivity contribution in [2.24, 2.45) is 0 Å². The summed E-state index contributed by atoms with van der Waals surface area (Å²) < 4.78 is 2.41. The number of rotatable bonds is 3. The first kappa shape index (κ1) is 12.1. The van der Waals surface area contributed by atoms with Crippen molar-refractivity contribution >= 4 is 42.6 Å². The van der Waals surface area contributed by atoms with Crippen LogP contribution in [0.3, 0.4) is 0 Å². The third-order valence-corrected chi connectivity index (χ3v) is 4.45. The van der Waals surface area contributed by atoms with Gasteiger partial charge in [0, 0.05) is 8.95 Å². The molecule has 84 valence electrons. The van der Waals surface area contributed by atoms with Crippen LogP contribution in [0.15, 0.2) is 39.3 Å². The fraction of sp³-hybridized carbons (Fsp3) is 0.286. The minimum absolute atomic E-state index is 1.15. The molecule has 16 heavy (non-hydrogen) atoms. The average Bonchev–Trinajstić information content (AvgIpc) is 2.29. The van der Waals surface area contributed by atoms with Crippen LogP contribution >= 0.6 is 31.9 Å². The van der Waals surface area contributed by atoms with E-state index in [-0.39, 0.29) is 0 Å². The zero-order chi connectivity index (χ0) is 11.5. The van der Waals surface area contributed by atoms with Crippen LogP contribution in [0.1, 0.15) is 25.3 Å². The zero-order valence-corrected chi connectivity index (χ0v) is 12.4. The first-order valence-electron chi connectivity index (χ1n) is 5.59. The Balaban J connectivity index is 2.52. The van der Waals surface area contributed by atoms with Crippen molar-refractivity contribution in [3.8, 4) is 0 Å². The molecule has 0 radical (unpaired) electrons. The highest BCUT2D eigenvalue weighted by atomic mass is 79.9. The molecule has 0 nitrogen and oxygen atoms in total. The second kappa shape index (κ2) is 5.33. The normalized spacial score (nSPS) is 10.9. The van der Waals surface area contributed by atoms with Crippen LogP contribution in [0, 0.1) is 0 Å². The lowest BCUT2D eigenvalue weighted by molar-refractivity contribution is 0.794. The summed E-state index contributed by atoms with van der Waals surface area (Å²) in [6.07, 6.45) is 3.64. The van der Waals surface area contributed by atoms with Crippen LogP contribution in [0.25, 0.3) is 10.8 Å². The summed E-state index contributed by atoms with van der Waals surface area (Å²) in [5.41, 5.74) is 1.41. The summed E-state index contributed by atoms with van der Waals surface area (Å²) in [6.45, 7) is 2.23. The van der Waals surface area contributed by atoms with E-state index in [2.05, 4.69) is 69.1 Å². The Morgan fingerprint density at radius 1 is 1.00 bits per heavy atom. The highest BCUT2D eigenvalue weighted by Gasteiger charge is 2.06. The lowest BCUT2D eigenvalue weighted by atomic mass is 10.0. The summed E-state index contributed by atoms with van der Waals surface area (Å²) >= 11 is 7.31. The Morgan fingerprint density at radius 3 is 2.56 bits per heavy atom. The molecular weight excluding hydrogens is 328 g/mol. The van der Waals surface area contributed by atoms with Crippen molar-refractivity contribution in [2.45, 2.75) is 26.2 Å². The number of halogens is 2. The largest absolute Gasteiger partial charge is 0.0654 e. The molecule has 0 atom stereocenters. The summed E-state index contributed by atoms with van der Waals surface area (Å²) in [4.78, 5) is 0. The minimum Gasteiger partial charge on any atom is -0.0654 e. The van der Waals surface area contributed by atoms with Crippen LogP contribution < -0.4 is 0 Å². The number of benzene rings is 2. The number of aryl methyl sites for hydroxylation is 1. The SMILES string of the molecule is CCCCc1ccc2c(Br)cccc2c1Br. The highest BCUT2D eigenvalue weighted by Crippen LogP contribution is 2.32. The Bertz CT molecular complexity index is 503. The van der Waals surface area contributed by atoms with Gasteiger partial charge in [-0.1, -0.05) is 53.5 Å². The van der Waals surface area contributed by atoms with Gasteiger partial charge in [-0.2, -0.15) is 0 Å². The van der Waals surface area contributed by atoms with Gasteiger partial charge in [-0.15, -0.1) is 0 Å². The number of hydrogen-bond donors (Lipinski definition) is 0. The fourth-order valence-corrected chi connectivity index (χ4v) is 3.06. The molecule has 0 aliphatic rings. The van der Waals surface area contributed by atoms with Gasteiger partial charge in [-0.3, -0.25) is 0 Å². The predicted molar refractivity (Wildman–Crippen MR) is 78.0 cm³/mol. The van der Waals surface area contributed by atoms with Gasteiger partial charge in [0.1, 0.15) is 0 Å². The molecule has 0 heterocycles. The van der Waals surface area contributed by atoms with Crippen molar-refractivity contribution in [3.05, 3.63) is 44.8 Å². The molecular formula is C14H14Br2. The standard InChI is InChI=1S/C14H14Br2/c1-2-3-5-10-8-9-11-12(14(10)16)6-4-7-13(11)15/h4,6-9H,2-3,5H2,1H3. The van der Waals surface area contributed by atoms with Crippen LogP contribution in [-0.4, -0.2) is 0 Å². The number of fused-ring (bicyclic) bond motifs is 1. The first-order chi connectivity index (χ1) is 7.74. The zero-order valence-electron chi connectivity index (χ0n) is 9.26. The number of hydrogen-bond acceptors (Lipinski definition) is 0. The topological polar surface area (TPSA) is 0 Å². The maximum absolute atomic E-state index is 3.73. The highest BCUT2D eigenvalue weighted by molar-refractivity contribution is 9.11. The summed E-state index contributed by atoms with van der Waals surface area (Å²) in [7, 11) is 0. The monoisotopic (exact) mass is 340 g/mol. The lowest BCUT2D eigenvalue weighted by Crippen LogP contribution is -1.88. The Kier molecular flexibility index (Phi) is 4.04. The molecule has 2 aromatic rings. The lowest BCUT2D eigenvalue weighted by Gasteiger charge is -2.08. The van der Waals surface area contributed by atoms with Crippen molar-refractivity contribution < 1.29 is 0 Å². The predicted octanol–water partition coefficient (Wildman–Crippen LogP) is 5.71. The average molecular weight is 342 g/mol. The van der Waals surface area contributed by atoms with Crippen molar-refractivity contribution in [1.82, 2.24) is 0 Å². The maximum Gasteiger partial charge on any atom is 0.0286 e. The molecule has 0 fully saturated rings. The van der Waals surface area contributed by atoms with E-state index < -0.39 is 0 Å². The van der Waals surface area contributed by atoms with Crippen molar-refractivity contribution in [2.75, 3.05) is 0 Å². The maximum atomic E-state index is 3.73. The van der Waals surface area contributed by atoms with Crippen molar-refractivity contribution in [3.63, 3.8) is 0 Å². The molecule has 0 aliphatic carbocycles. The molecule has 2 aromatic carbocycles. The van der Waals surface area contributed by atoms with Crippen LogP contribution in [0.4, 0.5) is 0 Å². The van der Waals surface area contributed by atoms with E-state index in [1.165, 1.54) is 33.7 Å². The first-order valence-corrected chi connectivity index (χ1v) is 7.18. The molecule has 2 rings (SSSR count). The number of unbranched alkanes of at least 4 members (excludes halogenated alkanes) is 1. The third kappa shape index (κ3) is 2.33. The van der Waals surface area contributed by atoms with Gasteiger partial charge < -0.3 is 0 Å². The van der Waals surface area contributed by atoms with Gasteiger partial charge in [0.15, 0.2) is 0 Å². The van der Waals surface area contributed by atoms with Crippen molar-refractivity contribution in [1.29, 1.82) is 0 Å². The summed E-state index contributed by atoms with van der Waals surface area (Å²) in [5.74, 6) is 0. The van der Waals surface area contributed by atoms with Crippen LogP contribution in [0.5, 0.6) is 0 Å². The van der Waals surface area contributed by atoms with Gasteiger partial charge in [0.2, 0.25) is 0 Å². The fourth-order valence-electron chi connectivity index (χ4n) is 1.89. The van der Waals surface area contributed by atoms with Gasteiger partial charge in [-0.05, 0) is 51.2 Å². The molecule has 0 unspecified atom stereocenters. The molecule has 2 heteroatoms. The Morgan fingerprint density at radius 2 is 1.81 bits per heavy atom. The Hall–Kier alpha value is -0.340. The van der Waals surface area contributed by atoms with E-state index in [1.54, 1.807) is 0 Å². The van der Waals surface area contributed by atoms with Gasteiger partial charge in [0.25, 0.3) is 0 Å². The summed E-state index contributed by atoms with van der Waals surface area (Å²) in [5, 5.41) is 2.57. The van der Waals surface area contributed by atoms with Crippen LogP contribution in [-0.2, 0) is 6.42 Å². The molecule has 0 aromatic heterocycles. The van der Waals surface area contributed by atoms with E-state index in [4.69, 9.17) is 0 Å². The molecule has 0 amide bonds. The van der Waals surface area contributed by atoms with E-state index in [0.29, 0.717) is 0 Å². The molecule has 0 spiro atoms. The second-order valence-corrected chi connectivity index (χ2v) is 5.62. The third-order valence-electron chi connectivity index (χ3n) is 2.82. The van der Waals surface area contributed by atoms with E-state index in [9.17, 15) is 0 Å². The van der Waals surface area contributed by atoms with Gasteiger partial charge in [0.05, 0.1) is 0 Å². The quantitative estimate of drug-likeness (QED) is 0.671. The Labute approximate surface area is 113 Å². The van der Waals surface area contributed by atoms with E-state index in [1.807, 2.05) is 0 Å². The molecule has 0 saturated heterocycles. The van der Waals surface area contributed by atoms with Crippen LogP contribution in [0.2, 0.25) is 0 Å². The van der Waals surface area contributed by atoms with E-state index in [0.717, 1.165) is 10.9 Å². The van der Waals surface area contributed by atoms with E-state index >= 15 is 0 Å². The molecule has 0 aliphatic heterocycles. The van der Waals surface area contributed by atoms with Gasteiger partial charge >= 0.3 is 0 Å². The second-order valence-electron chi connectivity index (χ2n) is 3.98. The molecule has 0 bridgehead atoms.